The first-order chi connectivity index (χ1) is 8.58. The van der Waals surface area contributed by atoms with E-state index in [-0.39, 0.29) is 16.8 Å². The molecule has 0 atom stereocenters. The molecule has 0 saturated carbocycles. The zero-order valence-corrected chi connectivity index (χ0v) is 8.88. The standard InChI is InChI=1S/C12H5NO5/c14-11-8-4-6-2-1-3-10(13(16)17)7(6)5-9(8)12(15)18-11/h1-5H. The van der Waals surface area contributed by atoms with E-state index in [2.05, 4.69) is 4.74 Å². The van der Waals surface area contributed by atoms with Crippen molar-refractivity contribution in [2.75, 3.05) is 0 Å². The molecule has 2 aromatic carbocycles. The molecule has 0 aliphatic carbocycles. The molecule has 0 radical (unpaired) electrons. The zero-order valence-electron chi connectivity index (χ0n) is 8.88. The molecule has 2 aromatic rings. The molecule has 3 rings (SSSR count). The second kappa shape index (κ2) is 3.36. The predicted octanol–water partition coefficient (Wildman–Crippen LogP) is 2.06. The largest absolute Gasteiger partial charge is 0.386 e. The van der Waals surface area contributed by atoms with Gasteiger partial charge in [0, 0.05) is 6.07 Å². The molecule has 1 aliphatic heterocycles. The summed E-state index contributed by atoms with van der Waals surface area (Å²) < 4.78 is 4.46. The molecule has 0 spiro atoms. The number of hydrogen-bond acceptors (Lipinski definition) is 5. The average molecular weight is 243 g/mol. The Hall–Kier alpha value is -2.76. The summed E-state index contributed by atoms with van der Waals surface area (Å²) >= 11 is 0. The van der Waals surface area contributed by atoms with Crippen LogP contribution >= 0.6 is 0 Å². The summed E-state index contributed by atoms with van der Waals surface area (Å²) in [6.07, 6.45) is 0. The van der Waals surface area contributed by atoms with Gasteiger partial charge in [-0.3, -0.25) is 10.1 Å². The highest BCUT2D eigenvalue weighted by molar-refractivity contribution is 6.17. The van der Waals surface area contributed by atoms with Crippen LogP contribution in [0.4, 0.5) is 5.69 Å². The first-order valence-corrected chi connectivity index (χ1v) is 5.05. The molecule has 0 saturated heterocycles. The third-order valence-electron chi connectivity index (χ3n) is 2.82. The van der Waals surface area contributed by atoms with Crippen molar-refractivity contribution in [1.29, 1.82) is 0 Å². The van der Waals surface area contributed by atoms with Gasteiger partial charge in [-0.05, 0) is 17.5 Å². The van der Waals surface area contributed by atoms with Gasteiger partial charge in [-0.15, -0.1) is 0 Å². The molecular weight excluding hydrogens is 238 g/mol. The number of esters is 2. The van der Waals surface area contributed by atoms with Crippen molar-refractivity contribution in [2.45, 2.75) is 0 Å². The number of nitro benzene ring substituents is 1. The fourth-order valence-corrected chi connectivity index (χ4v) is 2.00. The molecule has 0 fully saturated rings. The lowest BCUT2D eigenvalue weighted by atomic mass is 10.0. The number of cyclic esters (lactones) is 2. The number of benzene rings is 2. The van der Waals surface area contributed by atoms with Crippen molar-refractivity contribution in [1.82, 2.24) is 0 Å². The summed E-state index contributed by atoms with van der Waals surface area (Å²) in [5, 5.41) is 11.7. The molecule has 0 aromatic heterocycles. The Kier molecular flexibility index (Phi) is 1.94. The summed E-state index contributed by atoms with van der Waals surface area (Å²) in [5.41, 5.74) is 0.109. The summed E-state index contributed by atoms with van der Waals surface area (Å²) in [7, 11) is 0. The van der Waals surface area contributed by atoms with E-state index in [9.17, 15) is 19.7 Å². The maximum absolute atomic E-state index is 11.4. The van der Waals surface area contributed by atoms with Gasteiger partial charge in [0.05, 0.1) is 21.4 Å². The molecule has 1 heterocycles. The van der Waals surface area contributed by atoms with E-state index in [1.807, 2.05) is 0 Å². The van der Waals surface area contributed by atoms with Crippen LogP contribution in [0.5, 0.6) is 0 Å². The molecule has 6 heteroatoms. The quantitative estimate of drug-likeness (QED) is 0.331. The van der Waals surface area contributed by atoms with Crippen LogP contribution in [0.1, 0.15) is 20.7 Å². The Labute approximate surface area is 99.9 Å². The van der Waals surface area contributed by atoms with Crippen LogP contribution in [0.15, 0.2) is 30.3 Å². The van der Waals surface area contributed by atoms with Crippen LogP contribution in [0.25, 0.3) is 10.8 Å². The van der Waals surface area contributed by atoms with Crippen LogP contribution in [0, 0.1) is 10.1 Å². The van der Waals surface area contributed by atoms with Crippen LogP contribution in [-0.4, -0.2) is 16.9 Å². The van der Waals surface area contributed by atoms with E-state index in [1.165, 1.54) is 24.3 Å². The van der Waals surface area contributed by atoms with Gasteiger partial charge in [0.1, 0.15) is 0 Å². The van der Waals surface area contributed by atoms with E-state index in [0.29, 0.717) is 10.8 Å². The average Bonchev–Trinajstić information content (AvgIpc) is 2.61. The molecule has 0 unspecified atom stereocenters. The lowest BCUT2D eigenvalue weighted by Crippen LogP contribution is -1.96. The van der Waals surface area contributed by atoms with Crippen LogP contribution < -0.4 is 0 Å². The number of fused-ring (bicyclic) bond motifs is 2. The lowest BCUT2D eigenvalue weighted by molar-refractivity contribution is -0.383. The number of nitrogens with zero attached hydrogens (tertiary/aromatic N) is 1. The second-order valence-electron chi connectivity index (χ2n) is 3.83. The fourth-order valence-electron chi connectivity index (χ4n) is 2.00. The third-order valence-corrected chi connectivity index (χ3v) is 2.82. The smallest absolute Gasteiger partial charge is 0.346 e. The molecule has 6 nitrogen and oxygen atoms in total. The summed E-state index contributed by atoms with van der Waals surface area (Å²) in [6, 6.07) is 7.27. The first-order valence-electron chi connectivity index (χ1n) is 5.05. The Morgan fingerprint density at radius 2 is 1.72 bits per heavy atom. The zero-order chi connectivity index (χ0) is 12.9. The Bertz CT molecular complexity index is 735. The van der Waals surface area contributed by atoms with Gasteiger partial charge in [-0.25, -0.2) is 9.59 Å². The number of carbonyl (C=O) groups is 2. The minimum Gasteiger partial charge on any atom is -0.386 e. The van der Waals surface area contributed by atoms with Gasteiger partial charge in [-0.1, -0.05) is 12.1 Å². The van der Waals surface area contributed by atoms with Gasteiger partial charge >= 0.3 is 11.9 Å². The Morgan fingerprint density at radius 3 is 2.39 bits per heavy atom. The van der Waals surface area contributed by atoms with Gasteiger partial charge < -0.3 is 4.74 Å². The molecule has 0 bridgehead atoms. The highest BCUT2D eigenvalue weighted by atomic mass is 16.6. The minimum absolute atomic E-state index is 0.0711. The van der Waals surface area contributed by atoms with Crippen molar-refractivity contribution in [3.8, 4) is 0 Å². The molecular formula is C12H5NO5. The molecule has 0 amide bonds. The van der Waals surface area contributed by atoms with Crippen molar-refractivity contribution < 1.29 is 19.2 Å². The molecule has 18 heavy (non-hydrogen) atoms. The SMILES string of the molecule is O=C1OC(=O)c2cc3c([N+](=O)[O-])cccc3cc21. The van der Waals surface area contributed by atoms with Gasteiger partial charge in [-0.2, -0.15) is 0 Å². The van der Waals surface area contributed by atoms with Crippen molar-refractivity contribution in [3.63, 3.8) is 0 Å². The van der Waals surface area contributed by atoms with E-state index in [0.717, 1.165) is 0 Å². The highest BCUT2D eigenvalue weighted by Gasteiger charge is 2.31. The molecule has 88 valence electrons. The highest BCUT2D eigenvalue weighted by Crippen LogP contribution is 2.31. The maximum Gasteiger partial charge on any atom is 0.346 e. The van der Waals surface area contributed by atoms with Crippen molar-refractivity contribution in [2.24, 2.45) is 0 Å². The number of nitro groups is 1. The summed E-state index contributed by atoms with van der Waals surface area (Å²) in [5.74, 6) is -1.49. The van der Waals surface area contributed by atoms with E-state index < -0.39 is 16.9 Å². The Morgan fingerprint density at radius 1 is 1.06 bits per heavy atom. The fraction of sp³-hybridized carbons (Fsp3) is 0. The van der Waals surface area contributed by atoms with Gasteiger partial charge in [0.2, 0.25) is 0 Å². The Balaban J connectivity index is 2.41. The number of rotatable bonds is 1. The number of non-ortho nitro benzene ring substituents is 1. The molecule has 0 N–H and O–H groups in total. The van der Waals surface area contributed by atoms with Crippen molar-refractivity contribution in [3.05, 3.63) is 51.6 Å². The van der Waals surface area contributed by atoms with E-state index >= 15 is 0 Å². The van der Waals surface area contributed by atoms with Gasteiger partial charge in [0.15, 0.2) is 0 Å². The minimum atomic E-state index is -0.768. The van der Waals surface area contributed by atoms with Crippen molar-refractivity contribution >= 4 is 28.4 Å². The first kappa shape index (κ1) is 10.4. The molecule has 1 aliphatic rings. The maximum atomic E-state index is 11.4. The van der Waals surface area contributed by atoms with Crippen LogP contribution in [0.3, 0.4) is 0 Å². The topological polar surface area (TPSA) is 86.5 Å². The number of ether oxygens (including phenoxy) is 1. The third kappa shape index (κ3) is 1.29. The van der Waals surface area contributed by atoms with Gasteiger partial charge in [0.25, 0.3) is 5.69 Å². The normalized spacial score (nSPS) is 13.6. The summed E-state index contributed by atoms with van der Waals surface area (Å²) in [4.78, 5) is 33.1. The van der Waals surface area contributed by atoms with Crippen LogP contribution in [-0.2, 0) is 4.74 Å². The monoisotopic (exact) mass is 243 g/mol. The predicted molar refractivity (Wildman–Crippen MR) is 60.3 cm³/mol. The summed E-state index contributed by atoms with van der Waals surface area (Å²) in [6.45, 7) is 0. The number of hydrogen-bond donors (Lipinski definition) is 0. The van der Waals surface area contributed by atoms with E-state index in [1.54, 1.807) is 6.07 Å². The van der Waals surface area contributed by atoms with E-state index in [4.69, 9.17) is 0 Å². The van der Waals surface area contributed by atoms with Crippen LogP contribution in [0.2, 0.25) is 0 Å². The lowest BCUT2D eigenvalue weighted by Gasteiger charge is -2.00. The number of carbonyl (C=O) groups excluding carboxylic acids is 2. The second-order valence-corrected chi connectivity index (χ2v) is 3.83.